The van der Waals surface area contributed by atoms with Crippen LogP contribution in [-0.2, 0) is 6.54 Å². The number of benzene rings is 1. The fraction of sp³-hybridized carbons (Fsp3) is 0.375. The number of aromatic nitrogens is 2. The fourth-order valence-corrected chi connectivity index (χ4v) is 2.27. The zero-order valence-electron chi connectivity index (χ0n) is 13.5. The van der Waals surface area contributed by atoms with E-state index in [-0.39, 0.29) is 5.95 Å². The van der Waals surface area contributed by atoms with Crippen LogP contribution in [0.4, 0.5) is 11.8 Å². The number of aryl methyl sites for hydroxylation is 1. The number of hydrogen-bond donors (Lipinski definition) is 1. The summed E-state index contributed by atoms with van der Waals surface area (Å²) in [4.78, 5) is 10.3. The van der Waals surface area contributed by atoms with Crippen molar-refractivity contribution in [2.75, 3.05) is 31.4 Å². The SMILES string of the molecule is CCOc1cc(CN(C)c2nc(N)ncc2C)ccc1OC. The Morgan fingerprint density at radius 3 is 2.73 bits per heavy atom. The zero-order valence-corrected chi connectivity index (χ0v) is 13.5. The van der Waals surface area contributed by atoms with Crippen molar-refractivity contribution in [2.24, 2.45) is 0 Å². The Labute approximate surface area is 130 Å². The summed E-state index contributed by atoms with van der Waals surface area (Å²) in [5, 5.41) is 0. The van der Waals surface area contributed by atoms with Gasteiger partial charge in [0.2, 0.25) is 5.95 Å². The topological polar surface area (TPSA) is 73.5 Å². The van der Waals surface area contributed by atoms with Gasteiger partial charge < -0.3 is 20.1 Å². The quantitative estimate of drug-likeness (QED) is 0.883. The van der Waals surface area contributed by atoms with E-state index < -0.39 is 0 Å². The predicted octanol–water partition coefficient (Wildman–Crippen LogP) is 2.41. The number of nitrogen functional groups attached to an aromatic ring is 1. The van der Waals surface area contributed by atoms with E-state index in [0.29, 0.717) is 13.2 Å². The lowest BCUT2D eigenvalue weighted by atomic mass is 10.2. The van der Waals surface area contributed by atoms with E-state index in [9.17, 15) is 0 Å². The van der Waals surface area contributed by atoms with E-state index in [1.807, 2.05) is 44.0 Å². The zero-order chi connectivity index (χ0) is 16.1. The van der Waals surface area contributed by atoms with Crippen molar-refractivity contribution in [1.29, 1.82) is 0 Å². The van der Waals surface area contributed by atoms with Gasteiger partial charge in [0.1, 0.15) is 5.82 Å². The van der Waals surface area contributed by atoms with Gasteiger partial charge in [-0.3, -0.25) is 0 Å². The van der Waals surface area contributed by atoms with Crippen molar-refractivity contribution in [3.63, 3.8) is 0 Å². The minimum atomic E-state index is 0.275. The second kappa shape index (κ2) is 6.98. The molecule has 0 saturated heterocycles. The summed E-state index contributed by atoms with van der Waals surface area (Å²) in [5.74, 6) is 2.57. The molecular formula is C16H22N4O2. The molecule has 0 aliphatic heterocycles. The van der Waals surface area contributed by atoms with Gasteiger partial charge in [0, 0.05) is 25.4 Å². The first kappa shape index (κ1) is 15.9. The van der Waals surface area contributed by atoms with Crippen LogP contribution < -0.4 is 20.1 Å². The minimum Gasteiger partial charge on any atom is -0.493 e. The van der Waals surface area contributed by atoms with Crippen LogP contribution in [0.5, 0.6) is 11.5 Å². The van der Waals surface area contributed by atoms with Gasteiger partial charge in [-0.15, -0.1) is 0 Å². The Hall–Kier alpha value is -2.50. The summed E-state index contributed by atoms with van der Waals surface area (Å²) >= 11 is 0. The third-order valence-corrected chi connectivity index (χ3v) is 3.27. The molecule has 118 valence electrons. The Morgan fingerprint density at radius 1 is 1.27 bits per heavy atom. The van der Waals surface area contributed by atoms with Crippen LogP contribution in [0.2, 0.25) is 0 Å². The molecule has 2 rings (SSSR count). The summed E-state index contributed by atoms with van der Waals surface area (Å²) in [6, 6.07) is 5.91. The Balaban J connectivity index is 2.22. The summed E-state index contributed by atoms with van der Waals surface area (Å²) in [6.07, 6.45) is 1.73. The molecular weight excluding hydrogens is 280 g/mol. The van der Waals surface area contributed by atoms with Crippen molar-refractivity contribution >= 4 is 11.8 Å². The van der Waals surface area contributed by atoms with E-state index in [1.54, 1.807) is 13.3 Å². The fourth-order valence-electron chi connectivity index (χ4n) is 2.27. The summed E-state index contributed by atoms with van der Waals surface area (Å²) in [5.41, 5.74) is 7.76. The lowest BCUT2D eigenvalue weighted by Crippen LogP contribution is -2.19. The van der Waals surface area contributed by atoms with E-state index >= 15 is 0 Å². The van der Waals surface area contributed by atoms with Gasteiger partial charge in [0.15, 0.2) is 11.5 Å². The molecule has 0 aliphatic rings. The van der Waals surface area contributed by atoms with Crippen LogP contribution in [0.15, 0.2) is 24.4 Å². The number of rotatable bonds is 6. The first-order chi connectivity index (χ1) is 10.5. The van der Waals surface area contributed by atoms with Gasteiger partial charge in [0.05, 0.1) is 13.7 Å². The Morgan fingerprint density at radius 2 is 2.05 bits per heavy atom. The smallest absolute Gasteiger partial charge is 0.221 e. The number of ether oxygens (including phenoxy) is 2. The van der Waals surface area contributed by atoms with Crippen molar-refractivity contribution in [1.82, 2.24) is 9.97 Å². The Kier molecular flexibility index (Phi) is 5.04. The minimum absolute atomic E-state index is 0.275. The average Bonchev–Trinajstić information content (AvgIpc) is 2.50. The first-order valence-corrected chi connectivity index (χ1v) is 7.15. The highest BCUT2D eigenvalue weighted by Gasteiger charge is 2.11. The molecule has 1 aromatic carbocycles. The Bertz CT molecular complexity index is 646. The maximum absolute atomic E-state index is 5.67. The van der Waals surface area contributed by atoms with Gasteiger partial charge in [-0.2, -0.15) is 4.98 Å². The summed E-state index contributed by atoms with van der Waals surface area (Å²) in [6.45, 7) is 5.19. The van der Waals surface area contributed by atoms with E-state index in [1.165, 1.54) is 0 Å². The molecule has 0 fully saturated rings. The van der Waals surface area contributed by atoms with Crippen LogP contribution >= 0.6 is 0 Å². The number of hydrogen-bond acceptors (Lipinski definition) is 6. The maximum atomic E-state index is 5.67. The molecule has 1 heterocycles. The second-order valence-corrected chi connectivity index (χ2v) is 5.01. The van der Waals surface area contributed by atoms with Crippen LogP contribution in [-0.4, -0.2) is 30.7 Å². The third kappa shape index (κ3) is 3.58. The highest BCUT2D eigenvalue weighted by atomic mass is 16.5. The average molecular weight is 302 g/mol. The number of anilines is 2. The highest BCUT2D eigenvalue weighted by molar-refractivity contribution is 5.49. The van der Waals surface area contributed by atoms with E-state index in [2.05, 4.69) is 9.97 Å². The lowest BCUT2D eigenvalue weighted by molar-refractivity contribution is 0.310. The van der Waals surface area contributed by atoms with Crippen LogP contribution in [0.25, 0.3) is 0 Å². The second-order valence-electron chi connectivity index (χ2n) is 5.01. The lowest BCUT2D eigenvalue weighted by Gasteiger charge is -2.21. The van der Waals surface area contributed by atoms with Gasteiger partial charge in [0.25, 0.3) is 0 Å². The number of nitrogens with zero attached hydrogens (tertiary/aromatic N) is 3. The van der Waals surface area contributed by atoms with Crippen LogP contribution in [0, 0.1) is 6.92 Å². The number of methoxy groups -OCH3 is 1. The van der Waals surface area contributed by atoms with E-state index in [4.69, 9.17) is 15.2 Å². The maximum Gasteiger partial charge on any atom is 0.221 e. The van der Waals surface area contributed by atoms with Gasteiger partial charge in [-0.05, 0) is 31.5 Å². The molecule has 2 N–H and O–H groups in total. The van der Waals surface area contributed by atoms with Crippen molar-refractivity contribution in [2.45, 2.75) is 20.4 Å². The molecule has 1 aromatic heterocycles. The molecule has 0 spiro atoms. The number of nitrogens with two attached hydrogens (primary N) is 1. The third-order valence-electron chi connectivity index (χ3n) is 3.27. The summed E-state index contributed by atoms with van der Waals surface area (Å²) < 4.78 is 10.9. The van der Waals surface area contributed by atoms with Gasteiger partial charge >= 0.3 is 0 Å². The first-order valence-electron chi connectivity index (χ1n) is 7.15. The molecule has 0 atom stereocenters. The standard InChI is InChI=1S/C16H22N4O2/c1-5-22-14-8-12(6-7-13(14)21-4)10-20(3)15-11(2)9-18-16(17)19-15/h6-9H,5,10H2,1-4H3,(H2,17,18,19). The van der Waals surface area contributed by atoms with Crippen LogP contribution in [0.3, 0.4) is 0 Å². The van der Waals surface area contributed by atoms with Crippen molar-refractivity contribution in [3.8, 4) is 11.5 Å². The highest BCUT2D eigenvalue weighted by Crippen LogP contribution is 2.29. The van der Waals surface area contributed by atoms with E-state index in [0.717, 1.165) is 28.4 Å². The largest absolute Gasteiger partial charge is 0.493 e. The summed E-state index contributed by atoms with van der Waals surface area (Å²) in [7, 11) is 3.61. The van der Waals surface area contributed by atoms with Gasteiger partial charge in [-0.1, -0.05) is 6.07 Å². The molecule has 0 bridgehead atoms. The molecule has 22 heavy (non-hydrogen) atoms. The molecule has 0 aliphatic carbocycles. The molecule has 0 radical (unpaired) electrons. The molecule has 6 heteroatoms. The molecule has 0 unspecified atom stereocenters. The molecule has 0 amide bonds. The van der Waals surface area contributed by atoms with Crippen LogP contribution in [0.1, 0.15) is 18.1 Å². The van der Waals surface area contributed by atoms with Crippen molar-refractivity contribution in [3.05, 3.63) is 35.5 Å². The molecule has 0 saturated carbocycles. The van der Waals surface area contributed by atoms with Crippen molar-refractivity contribution < 1.29 is 9.47 Å². The van der Waals surface area contributed by atoms with Gasteiger partial charge in [-0.25, -0.2) is 4.98 Å². The monoisotopic (exact) mass is 302 g/mol. The molecule has 2 aromatic rings. The molecule has 6 nitrogen and oxygen atoms in total. The predicted molar refractivity (Wildman–Crippen MR) is 87.5 cm³/mol. The normalized spacial score (nSPS) is 10.4.